The third kappa shape index (κ3) is 3.78. The molecule has 1 nitrogen and oxygen atoms in total. The summed E-state index contributed by atoms with van der Waals surface area (Å²) in [6.45, 7) is 4.75. The summed E-state index contributed by atoms with van der Waals surface area (Å²) in [6.07, 6.45) is 0. The van der Waals surface area contributed by atoms with Crippen LogP contribution in [-0.2, 0) is 6.54 Å². The Morgan fingerprint density at radius 1 is 1.57 bits per heavy atom. The Balaban J connectivity index is 2.51. The van der Waals surface area contributed by atoms with Crippen molar-refractivity contribution in [3.8, 4) is 0 Å². The van der Waals surface area contributed by atoms with Crippen molar-refractivity contribution < 1.29 is 4.39 Å². The fraction of sp³-hybridized carbons (Fsp3) is 0.200. The fourth-order valence-electron chi connectivity index (χ4n) is 0.992. The normalized spacial score (nSPS) is 10.2. The van der Waals surface area contributed by atoms with Gasteiger partial charge in [0.1, 0.15) is 5.82 Å². The lowest BCUT2D eigenvalue weighted by Crippen LogP contribution is -2.14. The second-order valence-electron chi connectivity index (χ2n) is 2.87. The number of halogens is 3. The maximum atomic E-state index is 12.8. The van der Waals surface area contributed by atoms with Crippen LogP contribution in [0.1, 0.15) is 5.56 Å². The highest BCUT2D eigenvalue weighted by Crippen LogP contribution is 2.16. The minimum atomic E-state index is -0.254. The first-order valence-corrected chi connectivity index (χ1v) is 5.24. The number of rotatable bonds is 4. The van der Waals surface area contributed by atoms with Crippen LogP contribution in [0.5, 0.6) is 0 Å². The molecule has 0 unspecified atom stereocenters. The van der Waals surface area contributed by atoms with Crippen LogP contribution in [0, 0.1) is 5.82 Å². The molecule has 0 aliphatic rings. The molecular weight excluding hydrogens is 268 g/mol. The fourth-order valence-corrected chi connectivity index (χ4v) is 1.51. The number of hydrogen-bond donors (Lipinski definition) is 1. The molecular formula is C10H10BrClFN. The van der Waals surface area contributed by atoms with Gasteiger partial charge in [0.25, 0.3) is 0 Å². The van der Waals surface area contributed by atoms with Gasteiger partial charge in [-0.25, -0.2) is 4.39 Å². The van der Waals surface area contributed by atoms with Crippen LogP contribution < -0.4 is 5.32 Å². The highest BCUT2D eigenvalue weighted by Gasteiger charge is 1.99. The summed E-state index contributed by atoms with van der Waals surface area (Å²) >= 11 is 8.69. The van der Waals surface area contributed by atoms with Crippen LogP contribution in [0.25, 0.3) is 0 Å². The van der Waals surface area contributed by atoms with Gasteiger partial charge in [0.2, 0.25) is 0 Å². The van der Waals surface area contributed by atoms with Crippen molar-refractivity contribution >= 4 is 27.5 Å². The van der Waals surface area contributed by atoms with E-state index in [2.05, 4.69) is 27.8 Å². The summed E-state index contributed by atoms with van der Waals surface area (Å²) < 4.78 is 13.3. The average molecular weight is 279 g/mol. The zero-order valence-corrected chi connectivity index (χ0v) is 9.83. The predicted molar refractivity (Wildman–Crippen MR) is 60.8 cm³/mol. The smallest absolute Gasteiger partial charge is 0.137 e. The molecule has 0 fully saturated rings. The van der Waals surface area contributed by atoms with Crippen molar-refractivity contribution in [1.82, 2.24) is 5.32 Å². The molecule has 0 aromatic heterocycles. The van der Waals surface area contributed by atoms with E-state index in [1.54, 1.807) is 12.1 Å². The zero-order valence-electron chi connectivity index (χ0n) is 7.49. The summed E-state index contributed by atoms with van der Waals surface area (Å²) in [5.74, 6) is -0.254. The highest BCUT2D eigenvalue weighted by atomic mass is 79.9. The first-order chi connectivity index (χ1) is 6.59. The van der Waals surface area contributed by atoms with Crippen LogP contribution in [0.2, 0.25) is 0 Å². The Hall–Kier alpha value is -0.380. The lowest BCUT2D eigenvalue weighted by molar-refractivity contribution is 0.619. The number of nitrogens with one attached hydrogen (secondary N) is 1. The first-order valence-electron chi connectivity index (χ1n) is 4.07. The molecule has 1 N–H and O–H groups in total. The van der Waals surface area contributed by atoms with Gasteiger partial charge in [0.15, 0.2) is 0 Å². The lowest BCUT2D eigenvalue weighted by atomic mass is 10.2. The van der Waals surface area contributed by atoms with Crippen LogP contribution in [-0.4, -0.2) is 6.54 Å². The van der Waals surface area contributed by atoms with Crippen LogP contribution >= 0.6 is 27.5 Å². The summed E-state index contributed by atoms with van der Waals surface area (Å²) in [5.41, 5.74) is 0.996. The average Bonchev–Trinajstić information content (AvgIpc) is 2.10. The monoisotopic (exact) mass is 277 g/mol. The third-order valence-electron chi connectivity index (χ3n) is 1.63. The van der Waals surface area contributed by atoms with E-state index < -0.39 is 0 Å². The molecule has 14 heavy (non-hydrogen) atoms. The molecule has 0 bridgehead atoms. The molecule has 0 saturated heterocycles. The molecule has 0 aliphatic carbocycles. The van der Waals surface area contributed by atoms with Crippen LogP contribution in [0.3, 0.4) is 0 Å². The Labute approximate surface area is 96.1 Å². The third-order valence-corrected chi connectivity index (χ3v) is 2.37. The molecule has 4 heteroatoms. The Morgan fingerprint density at radius 2 is 2.29 bits per heavy atom. The molecule has 0 amide bonds. The summed E-state index contributed by atoms with van der Waals surface area (Å²) in [6, 6.07) is 4.89. The van der Waals surface area contributed by atoms with Gasteiger partial charge < -0.3 is 5.32 Å². The molecule has 1 rings (SSSR count). The Kier molecular flexibility index (Phi) is 4.58. The summed E-state index contributed by atoms with van der Waals surface area (Å²) in [5, 5.41) is 3.63. The highest BCUT2D eigenvalue weighted by molar-refractivity contribution is 9.10. The van der Waals surface area contributed by atoms with Crippen molar-refractivity contribution in [2.45, 2.75) is 6.54 Å². The number of benzene rings is 1. The molecule has 1 aromatic rings. The van der Waals surface area contributed by atoms with E-state index in [0.717, 1.165) is 5.56 Å². The lowest BCUT2D eigenvalue weighted by Gasteiger charge is -2.04. The van der Waals surface area contributed by atoms with E-state index in [-0.39, 0.29) is 5.82 Å². The predicted octanol–water partition coefficient (Wildman–Crippen LogP) is 3.43. The Morgan fingerprint density at radius 3 is 2.86 bits per heavy atom. The Bertz CT molecular complexity index is 341. The van der Waals surface area contributed by atoms with E-state index in [4.69, 9.17) is 11.6 Å². The van der Waals surface area contributed by atoms with Crippen LogP contribution in [0.15, 0.2) is 34.3 Å². The van der Waals surface area contributed by atoms with E-state index >= 15 is 0 Å². The van der Waals surface area contributed by atoms with E-state index in [0.29, 0.717) is 22.6 Å². The van der Waals surface area contributed by atoms with Crippen molar-refractivity contribution in [1.29, 1.82) is 0 Å². The van der Waals surface area contributed by atoms with E-state index in [9.17, 15) is 4.39 Å². The molecule has 0 heterocycles. The molecule has 0 radical (unpaired) electrons. The second-order valence-corrected chi connectivity index (χ2v) is 4.26. The zero-order chi connectivity index (χ0) is 10.6. The van der Waals surface area contributed by atoms with Crippen molar-refractivity contribution in [2.24, 2.45) is 0 Å². The standard InChI is InChI=1S/C10H10BrClFN/c1-7(12)5-14-6-8-2-3-10(13)9(11)4-8/h2-4,14H,1,5-6H2. The van der Waals surface area contributed by atoms with Crippen molar-refractivity contribution in [3.05, 3.63) is 45.7 Å². The van der Waals surface area contributed by atoms with Gasteiger partial charge in [-0.15, -0.1) is 0 Å². The minimum absolute atomic E-state index is 0.254. The van der Waals surface area contributed by atoms with Gasteiger partial charge in [-0.05, 0) is 33.6 Å². The van der Waals surface area contributed by atoms with Crippen molar-refractivity contribution in [2.75, 3.05) is 6.54 Å². The quantitative estimate of drug-likeness (QED) is 0.890. The minimum Gasteiger partial charge on any atom is -0.308 e. The van der Waals surface area contributed by atoms with Gasteiger partial charge in [-0.1, -0.05) is 24.2 Å². The molecule has 0 saturated carbocycles. The maximum Gasteiger partial charge on any atom is 0.137 e. The van der Waals surface area contributed by atoms with Crippen LogP contribution in [0.4, 0.5) is 4.39 Å². The molecule has 76 valence electrons. The van der Waals surface area contributed by atoms with Gasteiger partial charge in [-0.3, -0.25) is 0 Å². The summed E-state index contributed by atoms with van der Waals surface area (Å²) in [4.78, 5) is 0. The molecule has 0 aliphatic heterocycles. The van der Waals surface area contributed by atoms with E-state index in [1.807, 2.05) is 0 Å². The maximum absolute atomic E-state index is 12.8. The second kappa shape index (κ2) is 5.49. The topological polar surface area (TPSA) is 12.0 Å². The largest absolute Gasteiger partial charge is 0.308 e. The van der Waals surface area contributed by atoms with Gasteiger partial charge in [-0.2, -0.15) is 0 Å². The number of hydrogen-bond acceptors (Lipinski definition) is 1. The first kappa shape index (κ1) is 11.7. The van der Waals surface area contributed by atoms with Crippen molar-refractivity contribution in [3.63, 3.8) is 0 Å². The summed E-state index contributed by atoms with van der Waals surface area (Å²) in [7, 11) is 0. The van der Waals surface area contributed by atoms with E-state index in [1.165, 1.54) is 6.07 Å². The molecule has 0 spiro atoms. The SMILES string of the molecule is C=C(Cl)CNCc1ccc(F)c(Br)c1. The van der Waals surface area contributed by atoms with Gasteiger partial charge >= 0.3 is 0 Å². The van der Waals surface area contributed by atoms with Gasteiger partial charge in [0.05, 0.1) is 4.47 Å². The molecule has 0 atom stereocenters. The van der Waals surface area contributed by atoms with Gasteiger partial charge in [0, 0.05) is 18.1 Å². The molecule has 1 aromatic carbocycles.